The van der Waals surface area contributed by atoms with Crippen molar-refractivity contribution < 1.29 is 18.8 Å². The molecule has 0 radical (unpaired) electrons. The smallest absolute Gasteiger partial charge is 0.325 e. The first-order valence-corrected chi connectivity index (χ1v) is 9.93. The van der Waals surface area contributed by atoms with E-state index in [9.17, 15) is 18.8 Å². The Morgan fingerprint density at radius 3 is 2.50 bits per heavy atom. The summed E-state index contributed by atoms with van der Waals surface area (Å²) in [5.74, 6) is -1.72. The molecule has 156 valence electrons. The molecule has 1 atom stereocenters. The molecular weight excluding hydrogens is 387 g/mol. The maximum absolute atomic E-state index is 14.5. The second-order valence-electron chi connectivity index (χ2n) is 7.69. The highest BCUT2D eigenvalue weighted by Crippen LogP contribution is 2.32. The summed E-state index contributed by atoms with van der Waals surface area (Å²) in [4.78, 5) is 40.9. The van der Waals surface area contributed by atoms with Gasteiger partial charge in [-0.25, -0.2) is 9.18 Å². The van der Waals surface area contributed by atoms with Crippen LogP contribution in [0, 0.1) is 5.82 Å². The van der Waals surface area contributed by atoms with Crippen LogP contribution >= 0.6 is 0 Å². The number of carbonyl (C=O) groups excluding carboxylic acids is 3. The normalized spacial score (nSPS) is 21.1. The Kier molecular flexibility index (Phi) is 5.15. The van der Waals surface area contributed by atoms with Gasteiger partial charge in [0.2, 0.25) is 5.91 Å². The van der Waals surface area contributed by atoms with Gasteiger partial charge >= 0.3 is 6.03 Å². The fourth-order valence-electron chi connectivity index (χ4n) is 3.99. The summed E-state index contributed by atoms with van der Waals surface area (Å²) in [6, 6.07) is 12.8. The Hall–Kier alpha value is -3.42. The maximum Gasteiger partial charge on any atom is 0.325 e. The molecule has 0 spiro atoms. The molecular formula is C22H23FN4O3. The van der Waals surface area contributed by atoms with E-state index >= 15 is 0 Å². The van der Waals surface area contributed by atoms with Crippen molar-refractivity contribution in [2.24, 2.45) is 0 Å². The largest absolute Gasteiger partial charge is 0.370 e. The number of imide groups is 1. The van der Waals surface area contributed by atoms with Crippen LogP contribution in [0.25, 0.3) is 0 Å². The maximum atomic E-state index is 14.5. The molecule has 2 aromatic carbocycles. The molecule has 8 heteroatoms. The summed E-state index contributed by atoms with van der Waals surface area (Å²) >= 11 is 0. The molecule has 30 heavy (non-hydrogen) atoms. The van der Waals surface area contributed by atoms with Gasteiger partial charge < -0.3 is 15.5 Å². The van der Waals surface area contributed by atoms with E-state index in [1.165, 1.54) is 6.07 Å². The predicted molar refractivity (Wildman–Crippen MR) is 111 cm³/mol. The van der Waals surface area contributed by atoms with Gasteiger partial charge in [-0.15, -0.1) is 0 Å². The lowest BCUT2D eigenvalue weighted by atomic mass is 9.92. The minimum atomic E-state index is -1.25. The van der Waals surface area contributed by atoms with Crippen molar-refractivity contribution >= 4 is 29.2 Å². The van der Waals surface area contributed by atoms with Crippen molar-refractivity contribution in [3.63, 3.8) is 0 Å². The average molecular weight is 410 g/mol. The summed E-state index contributed by atoms with van der Waals surface area (Å²) in [5, 5.41) is 5.22. The van der Waals surface area contributed by atoms with Crippen LogP contribution in [0.2, 0.25) is 0 Å². The Bertz CT molecular complexity index is 991. The number of para-hydroxylation sites is 1. The van der Waals surface area contributed by atoms with Gasteiger partial charge in [-0.05, 0) is 37.5 Å². The van der Waals surface area contributed by atoms with E-state index in [0.717, 1.165) is 30.8 Å². The highest BCUT2D eigenvalue weighted by atomic mass is 19.1. The Labute approximate surface area is 173 Å². The van der Waals surface area contributed by atoms with Crippen molar-refractivity contribution in [1.29, 1.82) is 0 Å². The summed E-state index contributed by atoms with van der Waals surface area (Å²) in [6.45, 7) is 2.67. The average Bonchev–Trinajstić information content (AvgIpc) is 3.34. The second-order valence-corrected chi connectivity index (χ2v) is 7.69. The van der Waals surface area contributed by atoms with Crippen LogP contribution in [-0.4, -0.2) is 42.4 Å². The molecule has 2 aliphatic heterocycles. The van der Waals surface area contributed by atoms with E-state index in [-0.39, 0.29) is 5.69 Å². The lowest BCUT2D eigenvalue weighted by Crippen LogP contribution is -2.42. The highest BCUT2D eigenvalue weighted by Gasteiger charge is 2.49. The third-order valence-electron chi connectivity index (χ3n) is 5.63. The van der Waals surface area contributed by atoms with Crippen molar-refractivity contribution in [2.75, 3.05) is 29.9 Å². The monoisotopic (exact) mass is 410 g/mol. The molecule has 1 unspecified atom stereocenters. The van der Waals surface area contributed by atoms with Gasteiger partial charge in [-0.2, -0.15) is 0 Å². The quantitative estimate of drug-likeness (QED) is 0.743. The SMILES string of the molecule is CC1(c2ccccc2)NC(=O)N(CC(=O)Nc2c(F)cccc2N2CCCC2)C1=O. The van der Waals surface area contributed by atoms with Crippen LogP contribution in [0.4, 0.5) is 20.6 Å². The zero-order valence-electron chi connectivity index (χ0n) is 16.7. The van der Waals surface area contributed by atoms with E-state index < -0.39 is 35.7 Å². The fourth-order valence-corrected chi connectivity index (χ4v) is 3.99. The number of hydrogen-bond acceptors (Lipinski definition) is 4. The number of carbonyl (C=O) groups is 3. The first kappa shape index (κ1) is 19.9. The van der Waals surface area contributed by atoms with E-state index in [1.807, 2.05) is 11.0 Å². The van der Waals surface area contributed by atoms with Gasteiger partial charge in [0.05, 0.1) is 5.69 Å². The lowest BCUT2D eigenvalue weighted by molar-refractivity contribution is -0.133. The van der Waals surface area contributed by atoms with Gasteiger partial charge in [0.15, 0.2) is 0 Å². The van der Waals surface area contributed by atoms with Gasteiger partial charge in [-0.1, -0.05) is 36.4 Å². The predicted octanol–water partition coefficient (Wildman–Crippen LogP) is 2.83. The standard InChI is InChI=1S/C22H23FN4O3/c1-22(15-8-3-2-4-9-15)20(29)27(21(30)25-22)14-18(28)24-19-16(23)10-7-11-17(19)26-12-5-6-13-26/h2-4,7-11H,5-6,12-14H2,1H3,(H,24,28)(H,25,30). The summed E-state index contributed by atoms with van der Waals surface area (Å²) < 4.78 is 14.5. The Morgan fingerprint density at radius 1 is 1.10 bits per heavy atom. The third-order valence-corrected chi connectivity index (χ3v) is 5.63. The van der Waals surface area contributed by atoms with Crippen molar-refractivity contribution in [3.8, 4) is 0 Å². The zero-order valence-corrected chi connectivity index (χ0v) is 16.7. The van der Waals surface area contributed by atoms with Crippen molar-refractivity contribution in [1.82, 2.24) is 10.2 Å². The molecule has 0 aromatic heterocycles. The molecule has 4 amide bonds. The summed E-state index contributed by atoms with van der Waals surface area (Å²) in [5.41, 5.74) is 0.0447. The zero-order chi connectivity index (χ0) is 21.3. The molecule has 2 fully saturated rings. The Morgan fingerprint density at radius 2 is 1.80 bits per heavy atom. The summed E-state index contributed by atoms with van der Waals surface area (Å²) in [7, 11) is 0. The minimum absolute atomic E-state index is 0.0716. The Balaban J connectivity index is 1.51. The van der Waals surface area contributed by atoms with Gasteiger partial charge in [0.1, 0.15) is 23.6 Å². The van der Waals surface area contributed by atoms with Crippen molar-refractivity contribution in [3.05, 3.63) is 59.9 Å². The van der Waals surface area contributed by atoms with Crippen LogP contribution in [0.15, 0.2) is 48.5 Å². The third kappa shape index (κ3) is 3.49. The number of nitrogens with one attached hydrogen (secondary N) is 2. The first-order chi connectivity index (χ1) is 14.4. The molecule has 0 aliphatic carbocycles. The van der Waals surface area contributed by atoms with E-state index in [0.29, 0.717) is 11.3 Å². The number of amides is 4. The number of hydrogen-bond donors (Lipinski definition) is 2. The van der Waals surface area contributed by atoms with Crippen LogP contribution in [0.5, 0.6) is 0 Å². The van der Waals surface area contributed by atoms with E-state index in [4.69, 9.17) is 0 Å². The van der Waals surface area contributed by atoms with Crippen LogP contribution in [0.3, 0.4) is 0 Å². The van der Waals surface area contributed by atoms with Gasteiger partial charge in [0, 0.05) is 13.1 Å². The molecule has 7 nitrogen and oxygen atoms in total. The van der Waals surface area contributed by atoms with Crippen LogP contribution in [-0.2, 0) is 15.1 Å². The van der Waals surface area contributed by atoms with Gasteiger partial charge in [-0.3, -0.25) is 14.5 Å². The van der Waals surface area contributed by atoms with E-state index in [2.05, 4.69) is 10.6 Å². The number of rotatable bonds is 5. The van der Waals surface area contributed by atoms with Crippen LogP contribution in [0.1, 0.15) is 25.3 Å². The van der Waals surface area contributed by atoms with E-state index in [1.54, 1.807) is 43.3 Å². The van der Waals surface area contributed by atoms with Crippen molar-refractivity contribution in [2.45, 2.75) is 25.3 Å². The molecule has 2 aliphatic rings. The first-order valence-electron chi connectivity index (χ1n) is 9.93. The number of halogens is 1. The fraction of sp³-hybridized carbons (Fsp3) is 0.318. The lowest BCUT2D eigenvalue weighted by Gasteiger charge is -2.23. The number of anilines is 2. The minimum Gasteiger partial charge on any atom is -0.370 e. The number of benzene rings is 2. The molecule has 2 saturated heterocycles. The highest BCUT2D eigenvalue weighted by molar-refractivity contribution is 6.10. The topological polar surface area (TPSA) is 81.8 Å². The molecule has 0 saturated carbocycles. The van der Waals surface area contributed by atoms with Crippen LogP contribution < -0.4 is 15.5 Å². The number of urea groups is 1. The summed E-state index contributed by atoms with van der Waals surface area (Å²) in [6.07, 6.45) is 2.01. The number of nitrogens with zero attached hydrogens (tertiary/aromatic N) is 2. The van der Waals surface area contributed by atoms with Gasteiger partial charge in [0.25, 0.3) is 5.91 Å². The molecule has 2 aromatic rings. The molecule has 0 bridgehead atoms. The molecule has 2 N–H and O–H groups in total. The molecule has 4 rings (SSSR count). The second kappa shape index (κ2) is 7.78. The molecule has 2 heterocycles.